The van der Waals surface area contributed by atoms with Crippen molar-refractivity contribution < 1.29 is 18.7 Å². The Morgan fingerprint density at radius 3 is 2.92 bits per heavy atom. The molecule has 2 fully saturated rings. The second-order valence-corrected chi connectivity index (χ2v) is 6.77. The molecule has 0 aromatic heterocycles. The molecule has 4 nitrogen and oxygen atoms in total. The molecule has 3 rings (SSSR count). The van der Waals surface area contributed by atoms with E-state index in [1.807, 2.05) is 4.90 Å². The normalized spacial score (nSPS) is 21.9. The van der Waals surface area contributed by atoms with E-state index in [1.165, 1.54) is 12.1 Å². The van der Waals surface area contributed by atoms with E-state index < -0.39 is 0 Å². The average molecular weight is 335 g/mol. The molecule has 2 saturated heterocycles. The predicted molar refractivity (Wildman–Crippen MR) is 89.4 cm³/mol. The molecule has 0 bridgehead atoms. The Morgan fingerprint density at radius 1 is 1.29 bits per heavy atom. The minimum Gasteiger partial charge on any atom is -0.488 e. The number of ether oxygens (including phenoxy) is 2. The number of hydrogen-bond acceptors (Lipinski definition) is 3. The summed E-state index contributed by atoms with van der Waals surface area (Å²) in [7, 11) is 0. The number of carbonyl (C=O) groups excluding carboxylic acids is 1. The third-order valence-electron chi connectivity index (χ3n) is 4.94. The van der Waals surface area contributed by atoms with Crippen LogP contribution in [-0.4, -0.2) is 43.2 Å². The Hall–Kier alpha value is -1.62. The summed E-state index contributed by atoms with van der Waals surface area (Å²) in [6, 6.07) is 6.18. The van der Waals surface area contributed by atoms with Crippen molar-refractivity contribution in [1.29, 1.82) is 0 Å². The second-order valence-electron chi connectivity index (χ2n) is 6.77. The number of amides is 1. The first kappa shape index (κ1) is 17.2. The van der Waals surface area contributed by atoms with Gasteiger partial charge in [0.25, 0.3) is 0 Å². The van der Waals surface area contributed by atoms with Crippen LogP contribution >= 0.6 is 0 Å². The first-order chi connectivity index (χ1) is 11.7. The highest BCUT2D eigenvalue weighted by atomic mass is 19.1. The molecule has 1 aromatic rings. The van der Waals surface area contributed by atoms with Gasteiger partial charge in [0.2, 0.25) is 5.91 Å². The quantitative estimate of drug-likeness (QED) is 0.800. The molecule has 24 heavy (non-hydrogen) atoms. The van der Waals surface area contributed by atoms with Crippen LogP contribution < -0.4 is 4.74 Å². The van der Waals surface area contributed by atoms with Crippen LogP contribution in [0.1, 0.15) is 38.5 Å². The topological polar surface area (TPSA) is 38.8 Å². The molecule has 2 aliphatic heterocycles. The summed E-state index contributed by atoms with van der Waals surface area (Å²) in [5.41, 5.74) is 0. The predicted octanol–water partition coefficient (Wildman–Crippen LogP) is 3.40. The zero-order valence-electron chi connectivity index (χ0n) is 14.1. The summed E-state index contributed by atoms with van der Waals surface area (Å²) in [5, 5.41) is 0. The highest BCUT2D eigenvalue weighted by Crippen LogP contribution is 2.23. The zero-order chi connectivity index (χ0) is 16.8. The van der Waals surface area contributed by atoms with E-state index in [2.05, 4.69) is 0 Å². The summed E-state index contributed by atoms with van der Waals surface area (Å²) < 4.78 is 24.3. The molecule has 2 aliphatic rings. The summed E-state index contributed by atoms with van der Waals surface area (Å²) in [4.78, 5) is 14.2. The molecule has 0 saturated carbocycles. The van der Waals surface area contributed by atoms with Crippen molar-refractivity contribution in [2.45, 2.75) is 44.6 Å². The standard InChI is InChI=1S/C19H26FNO3/c20-16-4-2-5-17(13-16)24-18-7-10-21(14-18)19(22)6-1-3-15-8-11-23-12-9-15/h2,4-5,13,15,18H,1,3,6-12,14H2/t18-/m0/s1. The number of benzene rings is 1. The average Bonchev–Trinajstić information content (AvgIpc) is 3.04. The fraction of sp³-hybridized carbons (Fsp3) is 0.632. The van der Waals surface area contributed by atoms with Gasteiger partial charge >= 0.3 is 0 Å². The lowest BCUT2D eigenvalue weighted by molar-refractivity contribution is -0.130. The van der Waals surface area contributed by atoms with Gasteiger partial charge in [-0.1, -0.05) is 6.07 Å². The van der Waals surface area contributed by atoms with Crippen molar-refractivity contribution in [2.75, 3.05) is 26.3 Å². The Kier molecular flexibility index (Phi) is 6.07. The fourth-order valence-electron chi connectivity index (χ4n) is 3.52. The first-order valence-corrected chi connectivity index (χ1v) is 8.98. The van der Waals surface area contributed by atoms with Gasteiger partial charge in [-0.05, 0) is 43.7 Å². The molecule has 132 valence electrons. The Labute approximate surface area is 142 Å². The van der Waals surface area contributed by atoms with Crippen LogP contribution in [0.3, 0.4) is 0 Å². The SMILES string of the molecule is O=C(CCCC1CCOCC1)N1CC[C@H](Oc2cccc(F)c2)C1. The number of carbonyl (C=O) groups is 1. The lowest BCUT2D eigenvalue weighted by Gasteiger charge is -2.22. The van der Waals surface area contributed by atoms with E-state index in [-0.39, 0.29) is 17.8 Å². The molecule has 1 amide bonds. The van der Waals surface area contributed by atoms with E-state index in [0.29, 0.717) is 24.6 Å². The van der Waals surface area contributed by atoms with Gasteiger partial charge in [-0.25, -0.2) is 4.39 Å². The van der Waals surface area contributed by atoms with Crippen molar-refractivity contribution in [3.63, 3.8) is 0 Å². The van der Waals surface area contributed by atoms with Gasteiger partial charge < -0.3 is 14.4 Å². The van der Waals surface area contributed by atoms with Gasteiger partial charge in [0.15, 0.2) is 0 Å². The van der Waals surface area contributed by atoms with E-state index in [9.17, 15) is 9.18 Å². The molecule has 0 N–H and O–H groups in total. The minimum absolute atomic E-state index is 0.0359. The van der Waals surface area contributed by atoms with Gasteiger partial charge in [-0.15, -0.1) is 0 Å². The van der Waals surface area contributed by atoms with Crippen molar-refractivity contribution in [2.24, 2.45) is 5.92 Å². The maximum atomic E-state index is 13.2. The third kappa shape index (κ3) is 4.94. The van der Waals surface area contributed by atoms with E-state index >= 15 is 0 Å². The Morgan fingerprint density at radius 2 is 2.12 bits per heavy atom. The van der Waals surface area contributed by atoms with Crippen LogP contribution in [0.2, 0.25) is 0 Å². The first-order valence-electron chi connectivity index (χ1n) is 8.98. The third-order valence-corrected chi connectivity index (χ3v) is 4.94. The fourth-order valence-corrected chi connectivity index (χ4v) is 3.52. The van der Waals surface area contributed by atoms with Crippen molar-refractivity contribution in [3.8, 4) is 5.75 Å². The lowest BCUT2D eigenvalue weighted by Crippen LogP contribution is -2.30. The van der Waals surface area contributed by atoms with E-state index in [1.54, 1.807) is 12.1 Å². The number of hydrogen-bond donors (Lipinski definition) is 0. The molecule has 1 atom stereocenters. The molecule has 0 aliphatic carbocycles. The van der Waals surface area contributed by atoms with Crippen LogP contribution in [0.4, 0.5) is 4.39 Å². The van der Waals surface area contributed by atoms with Crippen LogP contribution in [0, 0.1) is 11.7 Å². The van der Waals surface area contributed by atoms with Crippen molar-refractivity contribution in [3.05, 3.63) is 30.1 Å². The number of likely N-dealkylation sites (tertiary alicyclic amines) is 1. The molecule has 0 spiro atoms. The molecular weight excluding hydrogens is 309 g/mol. The van der Waals surface area contributed by atoms with Gasteiger partial charge in [0.05, 0.1) is 6.54 Å². The summed E-state index contributed by atoms with van der Waals surface area (Å²) >= 11 is 0. The smallest absolute Gasteiger partial charge is 0.222 e. The molecule has 1 aromatic carbocycles. The largest absolute Gasteiger partial charge is 0.488 e. The second kappa shape index (κ2) is 8.47. The molecule has 5 heteroatoms. The number of nitrogens with zero attached hydrogens (tertiary/aromatic N) is 1. The Bertz CT molecular complexity index is 545. The number of rotatable bonds is 6. The maximum absolute atomic E-state index is 13.2. The maximum Gasteiger partial charge on any atom is 0.222 e. The van der Waals surface area contributed by atoms with Crippen LogP contribution in [0.5, 0.6) is 5.75 Å². The van der Waals surface area contributed by atoms with Gasteiger partial charge in [0.1, 0.15) is 17.7 Å². The van der Waals surface area contributed by atoms with Gasteiger partial charge in [-0.2, -0.15) is 0 Å². The van der Waals surface area contributed by atoms with E-state index in [0.717, 1.165) is 51.9 Å². The Balaban J connectivity index is 1.37. The van der Waals surface area contributed by atoms with Crippen molar-refractivity contribution in [1.82, 2.24) is 4.90 Å². The van der Waals surface area contributed by atoms with E-state index in [4.69, 9.17) is 9.47 Å². The highest BCUT2D eigenvalue weighted by Gasteiger charge is 2.27. The van der Waals surface area contributed by atoms with Crippen LogP contribution in [0.25, 0.3) is 0 Å². The monoisotopic (exact) mass is 335 g/mol. The molecule has 0 unspecified atom stereocenters. The van der Waals surface area contributed by atoms with Crippen LogP contribution in [-0.2, 0) is 9.53 Å². The number of halogens is 1. The molecule has 2 heterocycles. The minimum atomic E-state index is -0.299. The highest BCUT2D eigenvalue weighted by molar-refractivity contribution is 5.76. The summed E-state index contributed by atoms with van der Waals surface area (Å²) in [5.74, 6) is 1.17. The van der Waals surface area contributed by atoms with Crippen molar-refractivity contribution >= 4 is 5.91 Å². The van der Waals surface area contributed by atoms with Gasteiger partial charge in [0, 0.05) is 38.7 Å². The molecule has 0 radical (unpaired) electrons. The van der Waals surface area contributed by atoms with Gasteiger partial charge in [-0.3, -0.25) is 4.79 Å². The molecular formula is C19H26FNO3. The van der Waals surface area contributed by atoms with Crippen LogP contribution in [0.15, 0.2) is 24.3 Å². The lowest BCUT2D eigenvalue weighted by atomic mass is 9.94. The zero-order valence-corrected chi connectivity index (χ0v) is 14.1. The summed E-state index contributed by atoms with van der Waals surface area (Å²) in [6.45, 7) is 3.07. The summed E-state index contributed by atoms with van der Waals surface area (Å²) in [6.07, 6.45) is 5.71.